The highest BCUT2D eigenvalue weighted by molar-refractivity contribution is 7.04. The van der Waals surface area contributed by atoms with Crippen LogP contribution in [0.4, 0.5) is 0 Å². The third-order valence-electron chi connectivity index (χ3n) is 6.19. The van der Waals surface area contributed by atoms with E-state index in [2.05, 4.69) is 68.4 Å². The zero-order chi connectivity index (χ0) is 21.0. The second-order valence-electron chi connectivity index (χ2n) is 8.54. The topological polar surface area (TPSA) is 27.7 Å². The molecule has 2 aromatic carbocycles. The molecule has 1 aliphatic heterocycles. The third-order valence-corrected chi connectivity index (χ3v) is 15.2. The highest BCUT2D eigenvalue weighted by atomic mass is 28.4. The predicted molar refractivity (Wildman–Crippen MR) is 126 cm³/mol. The second kappa shape index (κ2) is 9.27. The first-order valence-electron chi connectivity index (χ1n) is 11.0. The quantitative estimate of drug-likeness (QED) is 0.518. The summed E-state index contributed by atoms with van der Waals surface area (Å²) in [6, 6.07) is 23.5. The van der Waals surface area contributed by atoms with Gasteiger partial charge in [-0.2, -0.15) is 0 Å². The predicted octanol–water partition coefficient (Wildman–Crippen LogP) is 4.59. The van der Waals surface area contributed by atoms with Gasteiger partial charge in [-0.1, -0.05) is 78.8 Å². The van der Waals surface area contributed by atoms with Gasteiger partial charge in [-0.05, 0) is 43.8 Å². The van der Waals surface area contributed by atoms with Crippen molar-refractivity contribution in [3.63, 3.8) is 0 Å². The lowest BCUT2D eigenvalue weighted by Crippen LogP contribution is -2.58. The number of rotatable bonds is 10. The fourth-order valence-corrected chi connectivity index (χ4v) is 15.4. The summed E-state index contributed by atoms with van der Waals surface area (Å²) in [6.07, 6.45) is 0. The summed E-state index contributed by atoms with van der Waals surface area (Å²) in [5.74, 6) is 0. The Bertz CT molecular complexity index is 777. The van der Waals surface area contributed by atoms with Gasteiger partial charge in [0.05, 0.1) is 0 Å². The number of hydrogen-bond donors (Lipinski definition) is 0. The average Bonchev–Trinajstić information content (AvgIpc) is 2.96. The first-order valence-corrected chi connectivity index (χ1v) is 15.3. The molecule has 0 radical (unpaired) electrons. The van der Waals surface area contributed by atoms with Crippen molar-refractivity contribution < 1.29 is 13.3 Å². The van der Waals surface area contributed by atoms with Gasteiger partial charge in [0.15, 0.2) is 0 Å². The molecule has 2 aromatic rings. The lowest BCUT2D eigenvalue weighted by Gasteiger charge is -2.35. The Kier molecular flexibility index (Phi) is 7.17. The van der Waals surface area contributed by atoms with Gasteiger partial charge in [-0.3, -0.25) is 0 Å². The summed E-state index contributed by atoms with van der Waals surface area (Å²) in [5, 5.41) is 3.11. The molecule has 0 aromatic heterocycles. The third kappa shape index (κ3) is 4.44. The molecule has 0 saturated heterocycles. The van der Waals surface area contributed by atoms with E-state index in [1.807, 2.05) is 20.8 Å². The molecule has 0 aliphatic carbocycles. The van der Waals surface area contributed by atoms with Crippen molar-refractivity contribution in [3.8, 4) is 0 Å². The minimum Gasteiger partial charge on any atom is -0.374 e. The number of fused-ring (bicyclic) bond motifs is 1. The van der Waals surface area contributed by atoms with Crippen molar-refractivity contribution in [2.45, 2.75) is 58.2 Å². The molecular weight excluding hydrogens is 392 g/mol. The lowest BCUT2D eigenvalue weighted by molar-refractivity contribution is 0.0725. The molecule has 0 spiro atoms. The average molecular weight is 429 g/mol. The van der Waals surface area contributed by atoms with Crippen LogP contribution in [-0.4, -0.2) is 36.7 Å². The highest BCUT2D eigenvalue weighted by Crippen LogP contribution is 2.42. The van der Waals surface area contributed by atoms with Crippen molar-refractivity contribution in [2.75, 3.05) is 19.8 Å². The van der Waals surface area contributed by atoms with Crippen molar-refractivity contribution in [1.82, 2.24) is 0 Å². The Morgan fingerprint density at radius 2 is 1.38 bits per heavy atom. The Hall–Kier alpha value is -1.25. The molecule has 29 heavy (non-hydrogen) atoms. The molecule has 3 nitrogen and oxygen atoms in total. The van der Waals surface area contributed by atoms with E-state index >= 15 is 0 Å². The number of benzene rings is 2. The molecule has 0 saturated carbocycles. The van der Waals surface area contributed by atoms with Crippen LogP contribution in [0.3, 0.4) is 0 Å². The van der Waals surface area contributed by atoms with Crippen molar-refractivity contribution in [2.24, 2.45) is 0 Å². The Morgan fingerprint density at radius 1 is 0.828 bits per heavy atom. The van der Waals surface area contributed by atoms with Crippen LogP contribution < -0.4 is 10.4 Å². The molecule has 1 heterocycles. The highest BCUT2D eigenvalue weighted by Gasteiger charge is 2.52. The monoisotopic (exact) mass is 428 g/mol. The second-order valence-corrected chi connectivity index (χ2v) is 15.4. The molecule has 1 atom stereocenters. The van der Waals surface area contributed by atoms with Crippen molar-refractivity contribution in [3.05, 3.63) is 60.2 Å². The first kappa shape index (κ1) is 22.4. The van der Waals surface area contributed by atoms with E-state index in [9.17, 15) is 0 Å². The SMILES string of the molecule is CCO[Si](CC[Si@@]1(c2ccccc2)CC(C)(C)c2ccccc21)(OCC)OCC. The first-order chi connectivity index (χ1) is 13.9. The molecule has 0 fully saturated rings. The summed E-state index contributed by atoms with van der Waals surface area (Å²) in [5.41, 5.74) is 1.71. The summed E-state index contributed by atoms with van der Waals surface area (Å²) in [4.78, 5) is 0. The zero-order valence-electron chi connectivity index (χ0n) is 18.7. The standard InChI is InChI=1S/C24H36O3Si2/c1-6-25-29(26-7-2,27-8-3)19-18-28(21-14-10-9-11-15-21)20-24(4,5)22-16-12-13-17-23(22)28/h9-17H,6-8,18-20H2,1-5H3/t28-/m0/s1. The Morgan fingerprint density at radius 3 is 1.97 bits per heavy atom. The van der Waals surface area contributed by atoms with Gasteiger partial charge >= 0.3 is 8.80 Å². The van der Waals surface area contributed by atoms with Crippen LogP contribution >= 0.6 is 0 Å². The maximum absolute atomic E-state index is 6.21. The summed E-state index contributed by atoms with van der Waals surface area (Å²) >= 11 is 0. The van der Waals surface area contributed by atoms with Gasteiger partial charge in [-0.15, -0.1) is 0 Å². The maximum atomic E-state index is 6.21. The minimum atomic E-state index is -2.68. The van der Waals surface area contributed by atoms with Gasteiger partial charge in [-0.25, -0.2) is 0 Å². The summed E-state index contributed by atoms with van der Waals surface area (Å²) in [6.45, 7) is 12.8. The van der Waals surface area contributed by atoms with Gasteiger partial charge in [0.25, 0.3) is 0 Å². The van der Waals surface area contributed by atoms with Gasteiger partial charge < -0.3 is 13.3 Å². The van der Waals surface area contributed by atoms with Gasteiger partial charge in [0.1, 0.15) is 8.07 Å². The van der Waals surface area contributed by atoms with Crippen LogP contribution in [-0.2, 0) is 18.7 Å². The molecule has 5 heteroatoms. The van der Waals surface area contributed by atoms with E-state index in [1.54, 1.807) is 5.19 Å². The molecule has 0 bridgehead atoms. The van der Waals surface area contributed by atoms with E-state index in [4.69, 9.17) is 13.3 Å². The molecule has 0 unspecified atom stereocenters. The minimum absolute atomic E-state index is 0.186. The molecule has 3 rings (SSSR count). The smallest absolute Gasteiger partial charge is 0.374 e. The van der Waals surface area contributed by atoms with E-state index < -0.39 is 16.9 Å². The fraction of sp³-hybridized carbons (Fsp3) is 0.500. The van der Waals surface area contributed by atoms with E-state index in [-0.39, 0.29) is 5.41 Å². The molecule has 158 valence electrons. The normalized spacial score (nSPS) is 20.6. The summed E-state index contributed by atoms with van der Waals surface area (Å²) < 4.78 is 18.6. The Balaban J connectivity index is 2.05. The molecular formula is C24H36O3Si2. The van der Waals surface area contributed by atoms with Crippen molar-refractivity contribution in [1.29, 1.82) is 0 Å². The molecule has 0 N–H and O–H groups in total. The summed E-state index contributed by atoms with van der Waals surface area (Å²) in [7, 11) is -4.64. The van der Waals surface area contributed by atoms with Crippen LogP contribution in [0.25, 0.3) is 0 Å². The Labute approximate surface area is 178 Å². The fourth-order valence-electron chi connectivity index (χ4n) is 5.19. The van der Waals surface area contributed by atoms with E-state index in [0.717, 1.165) is 12.1 Å². The number of hydrogen-bond acceptors (Lipinski definition) is 3. The maximum Gasteiger partial charge on any atom is 0.500 e. The largest absolute Gasteiger partial charge is 0.500 e. The van der Waals surface area contributed by atoms with Gasteiger partial charge in [0.2, 0.25) is 0 Å². The van der Waals surface area contributed by atoms with Crippen LogP contribution in [0.15, 0.2) is 54.6 Å². The van der Waals surface area contributed by atoms with Crippen molar-refractivity contribution >= 4 is 27.3 Å². The van der Waals surface area contributed by atoms with Gasteiger partial charge in [0, 0.05) is 25.9 Å². The van der Waals surface area contributed by atoms with E-state index in [0.29, 0.717) is 19.8 Å². The van der Waals surface area contributed by atoms with Crippen LogP contribution in [0, 0.1) is 0 Å². The van der Waals surface area contributed by atoms with Crippen LogP contribution in [0.2, 0.25) is 18.1 Å². The molecule has 1 aliphatic rings. The van der Waals surface area contributed by atoms with Crippen LogP contribution in [0.5, 0.6) is 0 Å². The zero-order valence-corrected chi connectivity index (χ0v) is 20.7. The van der Waals surface area contributed by atoms with E-state index in [1.165, 1.54) is 16.8 Å². The lowest BCUT2D eigenvalue weighted by atomic mass is 9.87. The molecule has 0 amide bonds. The van der Waals surface area contributed by atoms with Crippen LogP contribution in [0.1, 0.15) is 40.2 Å².